The minimum atomic E-state index is -0.865. The quantitative estimate of drug-likeness (QED) is 0.569. The van der Waals surface area contributed by atoms with E-state index in [-0.39, 0.29) is 5.91 Å². The second-order valence-electron chi connectivity index (χ2n) is 2.29. The number of likely N-dealkylation sites (N-methyl/N-ethyl adjacent to an activating group) is 1. The first-order chi connectivity index (χ1) is 5.07. The van der Waals surface area contributed by atoms with E-state index in [9.17, 15) is 9.00 Å². The van der Waals surface area contributed by atoms with E-state index in [0.717, 1.165) is 0 Å². The van der Waals surface area contributed by atoms with Crippen LogP contribution in [-0.4, -0.2) is 35.2 Å². The third kappa shape index (κ3) is 4.92. The van der Waals surface area contributed by atoms with Crippen molar-refractivity contribution in [3.63, 3.8) is 0 Å². The maximum atomic E-state index is 10.8. The van der Waals surface area contributed by atoms with Gasteiger partial charge in [-0.3, -0.25) is 9.00 Å². The Morgan fingerprint density at radius 1 is 1.73 bits per heavy atom. The van der Waals surface area contributed by atoms with Gasteiger partial charge in [0.2, 0.25) is 5.91 Å². The molecule has 0 aromatic heterocycles. The number of carbonyl (C=O) groups is 1. The predicted molar refractivity (Wildman–Crippen MR) is 45.6 cm³/mol. The maximum Gasteiger partial charge on any atom is 0.236 e. The van der Waals surface area contributed by atoms with Gasteiger partial charge in [0.25, 0.3) is 0 Å². The molecule has 0 bridgehead atoms. The maximum absolute atomic E-state index is 10.8. The van der Waals surface area contributed by atoms with Crippen molar-refractivity contribution >= 4 is 16.7 Å². The zero-order valence-electron chi connectivity index (χ0n) is 6.79. The Kier molecular flexibility index (Phi) is 5.06. The monoisotopic (exact) mass is 178 g/mol. The average Bonchev–Trinajstić information content (AvgIpc) is 1.98. The van der Waals surface area contributed by atoms with Crippen LogP contribution in [0.4, 0.5) is 0 Å². The van der Waals surface area contributed by atoms with E-state index in [0.29, 0.717) is 12.2 Å². The molecule has 0 saturated carbocycles. The second kappa shape index (κ2) is 5.26. The zero-order chi connectivity index (χ0) is 8.85. The molecular formula is C6H14N2O2S. The molecule has 2 atom stereocenters. The number of nitrogens with one attached hydrogen (secondary N) is 1. The van der Waals surface area contributed by atoms with E-state index in [2.05, 4.69) is 5.32 Å². The van der Waals surface area contributed by atoms with Gasteiger partial charge in [-0.2, -0.15) is 0 Å². The van der Waals surface area contributed by atoms with E-state index in [4.69, 9.17) is 5.73 Å². The van der Waals surface area contributed by atoms with Crippen LogP contribution in [0.5, 0.6) is 0 Å². The summed E-state index contributed by atoms with van der Waals surface area (Å²) < 4.78 is 10.6. The Bertz CT molecular complexity index is 161. The first-order valence-electron chi connectivity index (χ1n) is 3.35. The van der Waals surface area contributed by atoms with Gasteiger partial charge in [0, 0.05) is 29.9 Å². The van der Waals surface area contributed by atoms with Crippen molar-refractivity contribution in [2.45, 2.75) is 12.5 Å². The van der Waals surface area contributed by atoms with Gasteiger partial charge in [-0.15, -0.1) is 0 Å². The fourth-order valence-corrected chi connectivity index (χ4v) is 1.20. The minimum Gasteiger partial charge on any atom is -0.358 e. The summed E-state index contributed by atoms with van der Waals surface area (Å²) in [6.07, 6.45) is 2.07. The van der Waals surface area contributed by atoms with Crippen molar-refractivity contribution < 1.29 is 9.00 Å². The fraction of sp³-hybridized carbons (Fsp3) is 0.833. The van der Waals surface area contributed by atoms with E-state index < -0.39 is 16.8 Å². The zero-order valence-corrected chi connectivity index (χ0v) is 7.61. The lowest BCUT2D eigenvalue weighted by molar-refractivity contribution is -0.121. The lowest BCUT2D eigenvalue weighted by Crippen LogP contribution is -2.39. The number of hydrogen-bond acceptors (Lipinski definition) is 3. The molecule has 11 heavy (non-hydrogen) atoms. The van der Waals surface area contributed by atoms with Crippen LogP contribution in [0.25, 0.3) is 0 Å². The topological polar surface area (TPSA) is 72.2 Å². The van der Waals surface area contributed by atoms with Crippen LogP contribution in [0, 0.1) is 0 Å². The highest BCUT2D eigenvalue weighted by Crippen LogP contribution is 1.89. The predicted octanol–water partition coefficient (Wildman–Crippen LogP) is -1.17. The molecule has 66 valence electrons. The molecule has 0 aliphatic carbocycles. The molecule has 4 nitrogen and oxygen atoms in total. The molecule has 0 rings (SSSR count). The summed E-state index contributed by atoms with van der Waals surface area (Å²) >= 11 is 0. The van der Waals surface area contributed by atoms with Gasteiger partial charge in [0.15, 0.2) is 0 Å². The van der Waals surface area contributed by atoms with Gasteiger partial charge in [-0.25, -0.2) is 0 Å². The molecule has 0 saturated heterocycles. The van der Waals surface area contributed by atoms with Crippen LogP contribution in [0.1, 0.15) is 6.42 Å². The molecule has 0 radical (unpaired) electrons. The molecule has 3 N–H and O–H groups in total. The third-order valence-corrected chi connectivity index (χ3v) is 2.11. The summed E-state index contributed by atoms with van der Waals surface area (Å²) in [5, 5.41) is 2.43. The van der Waals surface area contributed by atoms with Crippen LogP contribution in [0.2, 0.25) is 0 Å². The number of hydrogen-bond donors (Lipinski definition) is 2. The molecule has 5 heteroatoms. The second-order valence-corrected chi connectivity index (χ2v) is 3.84. The highest BCUT2D eigenvalue weighted by atomic mass is 32.2. The lowest BCUT2D eigenvalue weighted by atomic mass is 10.2. The molecule has 0 aliphatic rings. The van der Waals surface area contributed by atoms with Crippen molar-refractivity contribution in [2.75, 3.05) is 19.1 Å². The van der Waals surface area contributed by atoms with Crippen LogP contribution in [0.15, 0.2) is 0 Å². The minimum absolute atomic E-state index is 0.199. The Balaban J connectivity index is 3.60. The van der Waals surface area contributed by atoms with Gasteiger partial charge in [0.1, 0.15) is 0 Å². The summed E-state index contributed by atoms with van der Waals surface area (Å²) in [6.45, 7) is 0. The third-order valence-electron chi connectivity index (χ3n) is 1.30. The fourth-order valence-electron chi connectivity index (χ4n) is 0.609. The van der Waals surface area contributed by atoms with Crippen molar-refractivity contribution in [3.05, 3.63) is 0 Å². The van der Waals surface area contributed by atoms with Gasteiger partial charge in [0.05, 0.1) is 6.04 Å². The molecule has 0 aromatic rings. The first-order valence-corrected chi connectivity index (χ1v) is 5.08. The summed E-state index contributed by atoms with van der Waals surface area (Å²) in [7, 11) is 0.668. The van der Waals surface area contributed by atoms with Crippen molar-refractivity contribution in [1.82, 2.24) is 5.32 Å². The van der Waals surface area contributed by atoms with Crippen LogP contribution >= 0.6 is 0 Å². The largest absolute Gasteiger partial charge is 0.358 e. The van der Waals surface area contributed by atoms with Crippen molar-refractivity contribution in [1.29, 1.82) is 0 Å². The lowest BCUT2D eigenvalue weighted by Gasteiger charge is -2.07. The Hall–Kier alpha value is -0.420. The molecule has 1 unspecified atom stereocenters. The normalized spacial score (nSPS) is 15.5. The van der Waals surface area contributed by atoms with Crippen molar-refractivity contribution in [2.24, 2.45) is 5.73 Å². The highest BCUT2D eigenvalue weighted by Gasteiger charge is 2.10. The molecule has 0 heterocycles. The summed E-state index contributed by atoms with van der Waals surface area (Å²) in [6, 6.07) is -0.524. The van der Waals surface area contributed by atoms with Crippen LogP contribution in [0.3, 0.4) is 0 Å². The number of rotatable bonds is 4. The van der Waals surface area contributed by atoms with E-state index in [1.807, 2.05) is 0 Å². The SMILES string of the molecule is CNC(=O)[C@@H](N)CCS(C)=O. The van der Waals surface area contributed by atoms with Gasteiger partial charge >= 0.3 is 0 Å². The molecule has 0 aliphatic heterocycles. The first kappa shape index (κ1) is 10.6. The molecule has 0 aromatic carbocycles. The van der Waals surface area contributed by atoms with E-state index in [1.54, 1.807) is 6.26 Å². The standard InChI is InChI=1S/C6H14N2O2S/c1-8-6(9)5(7)3-4-11(2)10/h5H,3-4,7H2,1-2H3,(H,8,9)/t5-,11?/m0/s1. The summed E-state index contributed by atoms with van der Waals surface area (Å²) in [5.41, 5.74) is 5.43. The Morgan fingerprint density at radius 2 is 2.27 bits per heavy atom. The summed E-state index contributed by atoms with van der Waals surface area (Å²) in [5.74, 6) is 0.282. The van der Waals surface area contributed by atoms with Gasteiger partial charge < -0.3 is 11.1 Å². The molecule has 1 amide bonds. The number of nitrogens with two attached hydrogens (primary N) is 1. The average molecular weight is 178 g/mol. The van der Waals surface area contributed by atoms with Gasteiger partial charge in [-0.05, 0) is 6.42 Å². The smallest absolute Gasteiger partial charge is 0.236 e. The Morgan fingerprint density at radius 3 is 2.64 bits per heavy atom. The van der Waals surface area contributed by atoms with Crippen LogP contribution in [-0.2, 0) is 15.6 Å². The molecule has 0 fully saturated rings. The molecule has 0 spiro atoms. The van der Waals surface area contributed by atoms with Crippen LogP contribution < -0.4 is 11.1 Å². The van der Waals surface area contributed by atoms with Crippen molar-refractivity contribution in [3.8, 4) is 0 Å². The van der Waals surface area contributed by atoms with E-state index in [1.165, 1.54) is 7.05 Å². The van der Waals surface area contributed by atoms with E-state index >= 15 is 0 Å². The summed E-state index contributed by atoms with van der Waals surface area (Å²) in [4.78, 5) is 10.8. The Labute approximate surface area is 69.0 Å². The highest BCUT2D eigenvalue weighted by molar-refractivity contribution is 7.84. The number of amides is 1. The molecular weight excluding hydrogens is 164 g/mol. The van der Waals surface area contributed by atoms with Gasteiger partial charge in [-0.1, -0.05) is 0 Å². The number of carbonyl (C=O) groups excluding carboxylic acids is 1.